The van der Waals surface area contributed by atoms with Crippen LogP contribution < -0.4 is 5.32 Å². The number of nitrogens with one attached hydrogen (secondary N) is 1. The minimum Gasteiger partial charge on any atom is -0.505 e. The molecule has 2 N–H and O–H groups in total. The SMILES string of the molecule is CN1CCCCC1CNCc1ccc(O)c(F)c1. The Bertz CT molecular complexity index is 397. The van der Waals surface area contributed by atoms with E-state index >= 15 is 0 Å². The van der Waals surface area contributed by atoms with Gasteiger partial charge < -0.3 is 15.3 Å². The molecule has 0 spiro atoms. The maximum absolute atomic E-state index is 13.1. The lowest BCUT2D eigenvalue weighted by Gasteiger charge is -2.32. The quantitative estimate of drug-likeness (QED) is 0.861. The van der Waals surface area contributed by atoms with Gasteiger partial charge in [0.05, 0.1) is 0 Å². The van der Waals surface area contributed by atoms with Crippen molar-refractivity contribution in [3.63, 3.8) is 0 Å². The molecule has 1 aromatic rings. The smallest absolute Gasteiger partial charge is 0.165 e. The van der Waals surface area contributed by atoms with E-state index in [0.717, 1.165) is 12.1 Å². The highest BCUT2D eigenvalue weighted by Crippen LogP contribution is 2.17. The standard InChI is InChI=1S/C14H21FN2O/c1-17-7-3-2-4-12(17)10-16-9-11-5-6-14(18)13(15)8-11/h5-6,8,12,16,18H,2-4,7,9-10H2,1H3. The van der Waals surface area contributed by atoms with Crippen molar-refractivity contribution in [3.05, 3.63) is 29.6 Å². The van der Waals surface area contributed by atoms with Crippen molar-refractivity contribution in [1.82, 2.24) is 10.2 Å². The first-order valence-electron chi connectivity index (χ1n) is 6.55. The summed E-state index contributed by atoms with van der Waals surface area (Å²) in [7, 11) is 2.16. The number of aromatic hydroxyl groups is 1. The van der Waals surface area contributed by atoms with Crippen LogP contribution in [0.2, 0.25) is 0 Å². The lowest BCUT2D eigenvalue weighted by atomic mass is 10.0. The third kappa shape index (κ3) is 3.43. The van der Waals surface area contributed by atoms with Crippen LogP contribution in [0.1, 0.15) is 24.8 Å². The van der Waals surface area contributed by atoms with E-state index in [0.29, 0.717) is 12.6 Å². The van der Waals surface area contributed by atoms with Gasteiger partial charge in [-0.05, 0) is 44.1 Å². The molecule has 1 fully saturated rings. The van der Waals surface area contributed by atoms with Gasteiger partial charge in [-0.15, -0.1) is 0 Å². The molecule has 1 aromatic carbocycles. The highest BCUT2D eigenvalue weighted by Gasteiger charge is 2.17. The van der Waals surface area contributed by atoms with Crippen LogP contribution >= 0.6 is 0 Å². The number of halogens is 1. The van der Waals surface area contributed by atoms with Crippen molar-refractivity contribution in [2.24, 2.45) is 0 Å². The first kappa shape index (κ1) is 13.3. The van der Waals surface area contributed by atoms with E-state index in [2.05, 4.69) is 17.3 Å². The molecule has 0 radical (unpaired) electrons. The molecule has 2 rings (SSSR count). The van der Waals surface area contributed by atoms with Gasteiger partial charge in [-0.1, -0.05) is 12.5 Å². The molecule has 0 amide bonds. The Kier molecular flexibility index (Phi) is 4.55. The van der Waals surface area contributed by atoms with E-state index in [1.54, 1.807) is 6.07 Å². The lowest BCUT2D eigenvalue weighted by molar-refractivity contribution is 0.181. The summed E-state index contributed by atoms with van der Waals surface area (Å²) in [5.74, 6) is -0.838. The molecule has 1 aliphatic rings. The molecular formula is C14H21FN2O. The fourth-order valence-electron chi connectivity index (χ4n) is 2.45. The van der Waals surface area contributed by atoms with Gasteiger partial charge in [-0.25, -0.2) is 4.39 Å². The minimum absolute atomic E-state index is 0.286. The van der Waals surface area contributed by atoms with E-state index in [1.807, 2.05) is 0 Å². The summed E-state index contributed by atoms with van der Waals surface area (Å²) in [5, 5.41) is 12.5. The number of phenolic OH excluding ortho intramolecular Hbond substituents is 1. The number of phenols is 1. The van der Waals surface area contributed by atoms with Crippen LogP contribution in [0, 0.1) is 5.82 Å². The number of nitrogens with zero attached hydrogens (tertiary/aromatic N) is 1. The van der Waals surface area contributed by atoms with Crippen molar-refractivity contribution in [1.29, 1.82) is 0 Å². The monoisotopic (exact) mass is 252 g/mol. The first-order valence-corrected chi connectivity index (χ1v) is 6.55. The molecule has 1 atom stereocenters. The largest absolute Gasteiger partial charge is 0.505 e. The molecule has 3 nitrogen and oxygen atoms in total. The Morgan fingerprint density at radius 1 is 1.44 bits per heavy atom. The van der Waals surface area contributed by atoms with Crippen molar-refractivity contribution in [3.8, 4) is 5.75 Å². The van der Waals surface area contributed by atoms with Crippen molar-refractivity contribution >= 4 is 0 Å². The van der Waals surface area contributed by atoms with Crippen LogP contribution in [0.25, 0.3) is 0 Å². The van der Waals surface area contributed by atoms with Crippen LogP contribution in [0.5, 0.6) is 5.75 Å². The highest BCUT2D eigenvalue weighted by atomic mass is 19.1. The normalized spacial score (nSPS) is 21.1. The molecule has 18 heavy (non-hydrogen) atoms. The molecule has 0 bridgehead atoms. The molecular weight excluding hydrogens is 231 g/mol. The summed E-state index contributed by atoms with van der Waals surface area (Å²) in [6, 6.07) is 5.11. The van der Waals surface area contributed by atoms with Crippen LogP contribution in [0.4, 0.5) is 4.39 Å². The average molecular weight is 252 g/mol. The third-order valence-electron chi connectivity index (χ3n) is 3.64. The van der Waals surface area contributed by atoms with E-state index in [4.69, 9.17) is 5.11 Å². The molecule has 1 unspecified atom stereocenters. The van der Waals surface area contributed by atoms with Gasteiger partial charge in [0.25, 0.3) is 0 Å². The molecule has 1 heterocycles. The molecule has 0 aromatic heterocycles. The number of likely N-dealkylation sites (N-methyl/N-ethyl adjacent to an activating group) is 1. The predicted octanol–water partition coefficient (Wildman–Crippen LogP) is 2.11. The van der Waals surface area contributed by atoms with Gasteiger partial charge in [0, 0.05) is 19.1 Å². The van der Waals surface area contributed by atoms with Crippen LogP contribution in [-0.2, 0) is 6.54 Å². The molecule has 1 aliphatic heterocycles. The van der Waals surface area contributed by atoms with Crippen molar-refractivity contribution < 1.29 is 9.50 Å². The van der Waals surface area contributed by atoms with Gasteiger partial charge in [-0.2, -0.15) is 0 Å². The Morgan fingerprint density at radius 2 is 2.28 bits per heavy atom. The second-order valence-corrected chi connectivity index (χ2v) is 5.05. The number of hydrogen-bond acceptors (Lipinski definition) is 3. The zero-order valence-electron chi connectivity index (χ0n) is 10.8. The Labute approximate surface area is 108 Å². The summed E-state index contributed by atoms with van der Waals surface area (Å²) in [6.45, 7) is 2.74. The van der Waals surface area contributed by atoms with Gasteiger partial charge in [0.1, 0.15) is 0 Å². The zero-order chi connectivity index (χ0) is 13.0. The highest BCUT2D eigenvalue weighted by molar-refractivity contribution is 5.27. The molecule has 1 saturated heterocycles. The van der Waals surface area contributed by atoms with E-state index in [1.165, 1.54) is 37.9 Å². The number of piperidine rings is 1. The second kappa shape index (κ2) is 6.16. The summed E-state index contributed by atoms with van der Waals surface area (Å²) in [4.78, 5) is 2.38. The number of benzene rings is 1. The predicted molar refractivity (Wildman–Crippen MR) is 70.0 cm³/mol. The minimum atomic E-state index is -0.552. The van der Waals surface area contributed by atoms with Gasteiger partial charge in [0.2, 0.25) is 0 Å². The number of likely N-dealkylation sites (tertiary alicyclic amines) is 1. The Hall–Kier alpha value is -1.13. The Balaban J connectivity index is 1.79. The third-order valence-corrected chi connectivity index (χ3v) is 3.64. The molecule has 4 heteroatoms. The summed E-state index contributed by atoms with van der Waals surface area (Å²) < 4.78 is 13.1. The van der Waals surface area contributed by atoms with E-state index in [-0.39, 0.29) is 5.75 Å². The summed E-state index contributed by atoms with van der Waals surface area (Å²) in [5.41, 5.74) is 0.865. The fraction of sp³-hybridized carbons (Fsp3) is 0.571. The van der Waals surface area contributed by atoms with Crippen molar-refractivity contribution in [2.45, 2.75) is 31.8 Å². The topological polar surface area (TPSA) is 35.5 Å². The maximum atomic E-state index is 13.1. The molecule has 0 saturated carbocycles. The first-order chi connectivity index (χ1) is 8.66. The van der Waals surface area contributed by atoms with Gasteiger partial charge >= 0.3 is 0 Å². The zero-order valence-corrected chi connectivity index (χ0v) is 10.8. The number of rotatable bonds is 4. The van der Waals surface area contributed by atoms with Gasteiger partial charge in [0.15, 0.2) is 11.6 Å². The lowest BCUT2D eigenvalue weighted by Crippen LogP contribution is -2.42. The second-order valence-electron chi connectivity index (χ2n) is 5.05. The van der Waals surface area contributed by atoms with Crippen LogP contribution in [0.15, 0.2) is 18.2 Å². The summed E-state index contributed by atoms with van der Waals surface area (Å²) in [6.07, 6.45) is 3.81. The van der Waals surface area contributed by atoms with E-state index in [9.17, 15) is 4.39 Å². The molecule has 100 valence electrons. The van der Waals surface area contributed by atoms with Crippen LogP contribution in [0.3, 0.4) is 0 Å². The average Bonchev–Trinajstić information content (AvgIpc) is 2.36. The van der Waals surface area contributed by atoms with Gasteiger partial charge in [-0.3, -0.25) is 0 Å². The number of hydrogen-bond donors (Lipinski definition) is 2. The fourth-order valence-corrected chi connectivity index (χ4v) is 2.45. The summed E-state index contributed by atoms with van der Waals surface area (Å²) >= 11 is 0. The maximum Gasteiger partial charge on any atom is 0.165 e. The molecule has 0 aliphatic carbocycles. The van der Waals surface area contributed by atoms with Crippen molar-refractivity contribution in [2.75, 3.05) is 20.1 Å². The van der Waals surface area contributed by atoms with Crippen LogP contribution in [-0.4, -0.2) is 36.2 Å². The van der Waals surface area contributed by atoms with E-state index < -0.39 is 5.82 Å². The Morgan fingerprint density at radius 3 is 3.00 bits per heavy atom.